The summed E-state index contributed by atoms with van der Waals surface area (Å²) < 4.78 is 27.5. The van der Waals surface area contributed by atoms with E-state index in [9.17, 15) is 14.4 Å². The minimum absolute atomic E-state index is 0.0166. The number of hydrogen-bond donors (Lipinski definition) is 0. The molecule has 0 aliphatic heterocycles. The van der Waals surface area contributed by atoms with Crippen molar-refractivity contribution in [2.75, 3.05) is 33.2 Å². The lowest BCUT2D eigenvalue weighted by Crippen LogP contribution is -2.41. The van der Waals surface area contributed by atoms with Crippen molar-refractivity contribution in [3.05, 3.63) is 0 Å². The Balaban J connectivity index is 4.64. The van der Waals surface area contributed by atoms with Crippen LogP contribution in [0.2, 0.25) is 0 Å². The number of hydrogen-bond acceptors (Lipinski definition) is 8. The highest BCUT2D eigenvalue weighted by molar-refractivity contribution is 5.78. The molecule has 0 atom stereocenters. The van der Waals surface area contributed by atoms with E-state index in [2.05, 4.69) is 13.8 Å². The number of rotatable bonds is 30. The van der Waals surface area contributed by atoms with Gasteiger partial charge in [-0.25, -0.2) is 0 Å². The van der Waals surface area contributed by atoms with Gasteiger partial charge in [-0.3, -0.25) is 14.4 Å². The van der Waals surface area contributed by atoms with Crippen LogP contribution in [0.3, 0.4) is 0 Å². The average Bonchev–Trinajstić information content (AvgIpc) is 2.99. The molecular weight excluding hydrogens is 548 g/mol. The number of carbonyl (C=O) groups excluding carboxylic acids is 3. The van der Waals surface area contributed by atoms with Crippen molar-refractivity contribution in [1.82, 2.24) is 0 Å². The Morgan fingerprint density at radius 2 is 0.953 bits per heavy atom. The van der Waals surface area contributed by atoms with Crippen molar-refractivity contribution in [2.45, 2.75) is 169 Å². The van der Waals surface area contributed by atoms with Crippen molar-refractivity contribution in [1.29, 1.82) is 0 Å². The third-order valence-electron chi connectivity index (χ3n) is 7.91. The Hall–Kier alpha value is -1.67. The van der Waals surface area contributed by atoms with Crippen molar-refractivity contribution in [3.63, 3.8) is 0 Å². The molecule has 254 valence electrons. The van der Waals surface area contributed by atoms with Gasteiger partial charge < -0.3 is 23.7 Å². The summed E-state index contributed by atoms with van der Waals surface area (Å²) in [7, 11) is 0. The van der Waals surface area contributed by atoms with Crippen molar-refractivity contribution in [2.24, 2.45) is 5.41 Å². The van der Waals surface area contributed by atoms with Crippen molar-refractivity contribution < 1.29 is 38.1 Å². The number of ether oxygens (including phenoxy) is 5. The molecule has 43 heavy (non-hydrogen) atoms. The van der Waals surface area contributed by atoms with E-state index in [1.807, 2.05) is 20.8 Å². The summed E-state index contributed by atoms with van der Waals surface area (Å²) in [6.07, 6.45) is 19.6. The zero-order valence-corrected chi connectivity index (χ0v) is 28.7. The van der Waals surface area contributed by atoms with Crippen LogP contribution < -0.4 is 0 Å². The van der Waals surface area contributed by atoms with Crippen molar-refractivity contribution in [3.8, 4) is 0 Å². The van der Waals surface area contributed by atoms with E-state index >= 15 is 0 Å². The van der Waals surface area contributed by atoms with Gasteiger partial charge in [0.05, 0.1) is 12.2 Å². The second kappa shape index (κ2) is 26.7. The second-order valence-corrected chi connectivity index (χ2v) is 12.8. The lowest BCUT2D eigenvalue weighted by atomic mass is 9.93. The standard InChI is InChI=1S/C35H66O8/c1-7-10-12-14-16-18-20-22-24-31(36)41-28-35(6,33(38)40-27-26-39-30-43-34(4,5)9-3)29-42-32(37)25-23-21-19-17-15-13-11-8-2/h7-30H2,1-6H3. The van der Waals surface area contributed by atoms with E-state index in [-0.39, 0.29) is 50.8 Å². The van der Waals surface area contributed by atoms with Crippen LogP contribution in [-0.2, 0) is 38.1 Å². The van der Waals surface area contributed by atoms with Gasteiger partial charge in [-0.1, -0.05) is 111 Å². The van der Waals surface area contributed by atoms with Crippen LogP contribution in [-0.4, -0.2) is 56.7 Å². The second-order valence-electron chi connectivity index (χ2n) is 12.8. The molecule has 0 spiro atoms. The average molecular weight is 615 g/mol. The number of esters is 3. The van der Waals surface area contributed by atoms with Gasteiger partial charge in [-0.15, -0.1) is 0 Å². The van der Waals surface area contributed by atoms with Gasteiger partial charge >= 0.3 is 17.9 Å². The first kappa shape index (κ1) is 41.3. The quantitative estimate of drug-likeness (QED) is 0.0342. The van der Waals surface area contributed by atoms with Crippen LogP contribution in [0.25, 0.3) is 0 Å². The van der Waals surface area contributed by atoms with E-state index in [1.54, 1.807) is 6.92 Å². The molecule has 8 nitrogen and oxygen atoms in total. The van der Waals surface area contributed by atoms with Gasteiger partial charge in [0.25, 0.3) is 0 Å². The molecule has 0 aromatic carbocycles. The molecular formula is C35H66O8. The third-order valence-corrected chi connectivity index (χ3v) is 7.91. The minimum atomic E-state index is -1.30. The Morgan fingerprint density at radius 1 is 0.535 bits per heavy atom. The van der Waals surface area contributed by atoms with Crippen LogP contribution in [0, 0.1) is 5.41 Å². The summed E-state index contributed by atoms with van der Waals surface area (Å²) >= 11 is 0. The zero-order valence-electron chi connectivity index (χ0n) is 28.7. The van der Waals surface area contributed by atoms with E-state index in [0.29, 0.717) is 12.8 Å². The van der Waals surface area contributed by atoms with Crippen LogP contribution in [0.5, 0.6) is 0 Å². The van der Waals surface area contributed by atoms with E-state index in [4.69, 9.17) is 23.7 Å². The predicted molar refractivity (Wildman–Crippen MR) is 172 cm³/mol. The lowest BCUT2D eigenvalue weighted by molar-refractivity contribution is -0.174. The third kappa shape index (κ3) is 24.3. The summed E-state index contributed by atoms with van der Waals surface area (Å²) in [5.41, 5.74) is -1.59. The maximum Gasteiger partial charge on any atom is 0.318 e. The Labute approximate surface area is 263 Å². The largest absolute Gasteiger partial charge is 0.464 e. The fourth-order valence-electron chi connectivity index (χ4n) is 4.32. The molecule has 0 aromatic heterocycles. The highest BCUT2D eigenvalue weighted by Gasteiger charge is 2.38. The molecule has 0 aromatic rings. The number of unbranched alkanes of at least 4 members (excludes halogenated alkanes) is 14. The maximum atomic E-state index is 13.1. The highest BCUT2D eigenvalue weighted by atomic mass is 16.7. The summed E-state index contributed by atoms with van der Waals surface area (Å²) in [5, 5.41) is 0. The molecule has 0 saturated carbocycles. The summed E-state index contributed by atoms with van der Waals surface area (Å²) in [6.45, 7) is 11.9. The molecule has 0 unspecified atom stereocenters. The first-order chi connectivity index (χ1) is 20.6. The van der Waals surface area contributed by atoms with Crippen molar-refractivity contribution >= 4 is 17.9 Å². The molecule has 0 bridgehead atoms. The molecule has 0 aliphatic rings. The molecule has 8 heteroatoms. The molecule has 0 radical (unpaired) electrons. The molecule has 0 aliphatic carbocycles. The van der Waals surface area contributed by atoms with Gasteiger partial charge in [-0.05, 0) is 40.0 Å². The van der Waals surface area contributed by atoms with Gasteiger partial charge in [-0.2, -0.15) is 0 Å². The van der Waals surface area contributed by atoms with Gasteiger partial charge in [0.1, 0.15) is 32.0 Å². The minimum Gasteiger partial charge on any atom is -0.464 e. The summed E-state index contributed by atoms with van der Waals surface area (Å²) in [5.74, 6) is -1.30. The maximum absolute atomic E-state index is 13.1. The predicted octanol–water partition coefficient (Wildman–Crippen LogP) is 8.86. The Morgan fingerprint density at radius 3 is 1.37 bits per heavy atom. The lowest BCUT2D eigenvalue weighted by Gasteiger charge is -2.26. The molecule has 0 heterocycles. The summed E-state index contributed by atoms with van der Waals surface area (Å²) in [6, 6.07) is 0. The monoisotopic (exact) mass is 614 g/mol. The highest BCUT2D eigenvalue weighted by Crippen LogP contribution is 2.22. The van der Waals surface area contributed by atoms with E-state index in [0.717, 1.165) is 44.9 Å². The molecule has 0 N–H and O–H groups in total. The fourth-order valence-corrected chi connectivity index (χ4v) is 4.32. The van der Waals surface area contributed by atoms with Gasteiger partial charge in [0, 0.05) is 12.8 Å². The van der Waals surface area contributed by atoms with Gasteiger partial charge in [0.15, 0.2) is 0 Å². The summed E-state index contributed by atoms with van der Waals surface area (Å²) in [4.78, 5) is 37.9. The zero-order chi connectivity index (χ0) is 32.2. The Bertz CT molecular complexity index is 670. The fraction of sp³-hybridized carbons (Fsp3) is 0.914. The SMILES string of the molecule is CCCCCCCCCCC(=O)OCC(C)(COC(=O)CCCCCCCCCC)C(=O)OCCOCOC(C)(C)CC. The van der Waals surface area contributed by atoms with Crippen LogP contribution in [0.4, 0.5) is 0 Å². The Kier molecular flexibility index (Phi) is 25.7. The number of carbonyl (C=O) groups is 3. The normalized spacial score (nSPS) is 11.9. The van der Waals surface area contributed by atoms with Crippen LogP contribution >= 0.6 is 0 Å². The first-order valence-electron chi connectivity index (χ1n) is 17.3. The molecule has 0 fully saturated rings. The van der Waals surface area contributed by atoms with E-state index < -0.39 is 11.4 Å². The first-order valence-corrected chi connectivity index (χ1v) is 17.3. The van der Waals surface area contributed by atoms with Gasteiger partial charge in [0.2, 0.25) is 0 Å². The topological polar surface area (TPSA) is 97.4 Å². The van der Waals surface area contributed by atoms with Crippen LogP contribution in [0.15, 0.2) is 0 Å². The molecule has 0 saturated heterocycles. The smallest absolute Gasteiger partial charge is 0.318 e. The van der Waals surface area contributed by atoms with E-state index in [1.165, 1.54) is 64.2 Å². The molecule has 0 amide bonds. The van der Waals surface area contributed by atoms with Crippen LogP contribution in [0.1, 0.15) is 164 Å². The molecule has 0 rings (SSSR count).